The van der Waals surface area contributed by atoms with Gasteiger partial charge in [-0.1, -0.05) is 25.8 Å². The number of nitrogens with one attached hydrogen (secondary N) is 1. The highest BCUT2D eigenvalue weighted by atomic mass is 35.5. The average Bonchev–Trinajstić information content (AvgIpc) is 2.98. The number of nitrogens with zero attached hydrogens (tertiary/aromatic N) is 1. The molecule has 1 N–H and O–H groups in total. The van der Waals surface area contributed by atoms with Crippen molar-refractivity contribution < 1.29 is 13.6 Å². The minimum Gasteiger partial charge on any atom is -0.335 e. The van der Waals surface area contributed by atoms with Crippen molar-refractivity contribution in [3.05, 3.63) is 35.4 Å². The van der Waals surface area contributed by atoms with Crippen LogP contribution < -0.4 is 5.32 Å². The van der Waals surface area contributed by atoms with E-state index in [1.807, 2.05) is 11.8 Å². The molecule has 0 aromatic heterocycles. The molecule has 6 heteroatoms. The minimum atomic E-state index is -0.584. The highest BCUT2D eigenvalue weighted by Gasteiger charge is 2.35. The van der Waals surface area contributed by atoms with Gasteiger partial charge in [0.15, 0.2) is 0 Å². The summed E-state index contributed by atoms with van der Waals surface area (Å²) in [6.45, 7) is 3.95. The highest BCUT2D eigenvalue weighted by molar-refractivity contribution is 5.85. The first kappa shape index (κ1) is 19.1. The molecular weight excluding hydrogens is 334 g/mol. The maximum absolute atomic E-state index is 14.0. The monoisotopic (exact) mass is 358 g/mol. The molecule has 0 spiro atoms. The topological polar surface area (TPSA) is 32.3 Å². The number of benzene rings is 1. The molecule has 3 rings (SSSR count). The number of hydrogen-bond acceptors (Lipinski definition) is 2. The van der Waals surface area contributed by atoms with Crippen molar-refractivity contribution >= 4 is 18.3 Å². The SMILES string of the molecule is CC(C(=O)N(Cc1ccc(F)cc1F)C1CCCC1)C1CNC1.Cl. The average molecular weight is 359 g/mol. The van der Waals surface area contributed by atoms with Crippen molar-refractivity contribution in [1.29, 1.82) is 0 Å². The van der Waals surface area contributed by atoms with Gasteiger partial charge in [-0.3, -0.25) is 4.79 Å². The van der Waals surface area contributed by atoms with Gasteiger partial charge >= 0.3 is 0 Å². The Labute approximate surface area is 148 Å². The molecule has 3 nitrogen and oxygen atoms in total. The third-order valence-electron chi connectivity index (χ3n) is 5.31. The van der Waals surface area contributed by atoms with E-state index < -0.39 is 11.6 Å². The quantitative estimate of drug-likeness (QED) is 0.873. The van der Waals surface area contributed by atoms with Crippen molar-refractivity contribution in [1.82, 2.24) is 10.2 Å². The molecule has 1 aliphatic carbocycles. The van der Waals surface area contributed by atoms with Gasteiger partial charge in [0.05, 0.1) is 0 Å². The first-order valence-corrected chi connectivity index (χ1v) is 8.51. The van der Waals surface area contributed by atoms with Crippen molar-refractivity contribution in [3.63, 3.8) is 0 Å². The van der Waals surface area contributed by atoms with E-state index in [0.29, 0.717) is 11.5 Å². The molecule has 1 heterocycles. The molecule has 0 radical (unpaired) electrons. The van der Waals surface area contributed by atoms with E-state index in [1.54, 1.807) is 0 Å². The summed E-state index contributed by atoms with van der Waals surface area (Å²) in [7, 11) is 0. The zero-order valence-corrected chi connectivity index (χ0v) is 14.7. The van der Waals surface area contributed by atoms with E-state index in [0.717, 1.165) is 44.8 Å². The van der Waals surface area contributed by atoms with E-state index in [9.17, 15) is 13.6 Å². The first-order valence-electron chi connectivity index (χ1n) is 8.51. The standard InChI is InChI=1S/C18H24F2N2O.ClH/c1-12(14-9-21-10-14)18(23)22(16-4-2-3-5-16)11-13-6-7-15(19)8-17(13)20;/h6-8,12,14,16,21H,2-5,9-11H2,1H3;1H. The van der Waals surface area contributed by atoms with Crippen LogP contribution in [0.3, 0.4) is 0 Å². The Morgan fingerprint density at radius 2 is 1.96 bits per heavy atom. The lowest BCUT2D eigenvalue weighted by molar-refractivity contribution is -0.140. The third kappa shape index (κ3) is 4.06. The zero-order valence-electron chi connectivity index (χ0n) is 13.9. The lowest BCUT2D eigenvalue weighted by Crippen LogP contribution is -2.51. The fourth-order valence-electron chi connectivity index (χ4n) is 3.56. The molecule has 1 amide bonds. The summed E-state index contributed by atoms with van der Waals surface area (Å²) in [5, 5.41) is 3.20. The van der Waals surface area contributed by atoms with Crippen LogP contribution in [0.1, 0.15) is 38.2 Å². The number of hydrogen-bond donors (Lipinski definition) is 1. The molecule has 1 saturated carbocycles. The van der Waals surface area contributed by atoms with Gasteiger partial charge in [0.25, 0.3) is 0 Å². The molecule has 134 valence electrons. The predicted molar refractivity (Wildman–Crippen MR) is 91.9 cm³/mol. The zero-order chi connectivity index (χ0) is 16.4. The lowest BCUT2D eigenvalue weighted by Gasteiger charge is -2.37. The van der Waals surface area contributed by atoms with Crippen LogP contribution in [0.15, 0.2) is 18.2 Å². The fraction of sp³-hybridized carbons (Fsp3) is 0.611. The number of halogens is 3. The van der Waals surface area contributed by atoms with Crippen LogP contribution in [0.5, 0.6) is 0 Å². The Bertz CT molecular complexity index is 574. The van der Waals surface area contributed by atoms with E-state index in [-0.39, 0.29) is 36.8 Å². The second-order valence-electron chi connectivity index (χ2n) is 6.85. The van der Waals surface area contributed by atoms with Gasteiger partial charge in [-0.25, -0.2) is 8.78 Å². The molecule has 0 bridgehead atoms. The normalized spacial score (nSPS) is 19.5. The number of rotatable bonds is 5. The smallest absolute Gasteiger partial charge is 0.226 e. The maximum atomic E-state index is 14.0. The van der Waals surface area contributed by atoms with E-state index in [1.165, 1.54) is 12.1 Å². The van der Waals surface area contributed by atoms with Gasteiger partial charge < -0.3 is 10.2 Å². The summed E-state index contributed by atoms with van der Waals surface area (Å²) in [5.74, 6) is -0.741. The lowest BCUT2D eigenvalue weighted by atomic mass is 9.87. The number of carbonyl (C=O) groups excluding carboxylic acids is 1. The minimum absolute atomic E-state index is 0. The van der Waals surface area contributed by atoms with Crippen LogP contribution in [-0.2, 0) is 11.3 Å². The van der Waals surface area contributed by atoms with Crippen LogP contribution in [0, 0.1) is 23.5 Å². The summed E-state index contributed by atoms with van der Waals surface area (Å²) < 4.78 is 27.1. The van der Waals surface area contributed by atoms with Crippen LogP contribution >= 0.6 is 12.4 Å². The molecule has 1 atom stereocenters. The molecule has 24 heavy (non-hydrogen) atoms. The van der Waals surface area contributed by atoms with Gasteiger partial charge in [0, 0.05) is 30.1 Å². The molecule has 1 unspecified atom stereocenters. The fourth-order valence-corrected chi connectivity index (χ4v) is 3.56. The van der Waals surface area contributed by atoms with E-state index in [2.05, 4.69) is 5.32 Å². The summed E-state index contributed by atoms with van der Waals surface area (Å²) in [6, 6.07) is 3.79. The summed E-state index contributed by atoms with van der Waals surface area (Å²) in [5.41, 5.74) is 0.394. The van der Waals surface area contributed by atoms with Crippen molar-refractivity contribution in [2.24, 2.45) is 11.8 Å². The maximum Gasteiger partial charge on any atom is 0.226 e. The summed E-state index contributed by atoms with van der Waals surface area (Å²) in [6.07, 6.45) is 4.17. The second-order valence-corrected chi connectivity index (χ2v) is 6.85. The van der Waals surface area contributed by atoms with Crippen LogP contribution in [0.25, 0.3) is 0 Å². The van der Waals surface area contributed by atoms with Gasteiger partial charge in [-0.15, -0.1) is 12.4 Å². The molecular formula is C18H25ClF2N2O. The summed E-state index contributed by atoms with van der Waals surface area (Å²) >= 11 is 0. The van der Waals surface area contributed by atoms with Gasteiger partial charge in [-0.05, 0) is 37.9 Å². The molecule has 1 aromatic carbocycles. The molecule has 1 saturated heterocycles. The molecule has 2 aliphatic rings. The van der Waals surface area contributed by atoms with Gasteiger partial charge in [0.1, 0.15) is 11.6 Å². The van der Waals surface area contributed by atoms with Crippen molar-refractivity contribution in [2.75, 3.05) is 13.1 Å². The summed E-state index contributed by atoms with van der Waals surface area (Å²) in [4.78, 5) is 14.8. The van der Waals surface area contributed by atoms with Crippen LogP contribution in [0.2, 0.25) is 0 Å². The number of carbonyl (C=O) groups is 1. The Morgan fingerprint density at radius 1 is 1.29 bits per heavy atom. The Kier molecular flexibility index (Phi) is 6.58. The van der Waals surface area contributed by atoms with Crippen LogP contribution in [0.4, 0.5) is 8.78 Å². The van der Waals surface area contributed by atoms with Gasteiger partial charge in [0.2, 0.25) is 5.91 Å². The first-order chi connectivity index (χ1) is 11.1. The predicted octanol–water partition coefficient (Wildman–Crippen LogP) is 3.51. The van der Waals surface area contributed by atoms with Crippen LogP contribution in [-0.4, -0.2) is 29.9 Å². The highest BCUT2D eigenvalue weighted by Crippen LogP contribution is 2.29. The Balaban J connectivity index is 0.00000208. The number of amides is 1. The second kappa shape index (κ2) is 8.26. The third-order valence-corrected chi connectivity index (χ3v) is 5.31. The van der Waals surface area contributed by atoms with E-state index >= 15 is 0 Å². The van der Waals surface area contributed by atoms with Gasteiger partial charge in [-0.2, -0.15) is 0 Å². The Morgan fingerprint density at radius 3 is 2.50 bits per heavy atom. The largest absolute Gasteiger partial charge is 0.335 e. The van der Waals surface area contributed by atoms with Crippen molar-refractivity contribution in [2.45, 2.75) is 45.2 Å². The molecule has 2 fully saturated rings. The molecule has 1 aliphatic heterocycles. The molecule has 1 aromatic rings. The Hall–Kier alpha value is -1.20. The van der Waals surface area contributed by atoms with Crippen molar-refractivity contribution in [3.8, 4) is 0 Å². The van der Waals surface area contributed by atoms with E-state index in [4.69, 9.17) is 0 Å².